The van der Waals surface area contributed by atoms with Crippen LogP contribution in [0.15, 0.2) is 93.5 Å². The molecule has 6 nitrogen and oxygen atoms in total. The first-order valence-electron chi connectivity index (χ1n) is 9.66. The Bertz CT molecular complexity index is 1320. The van der Waals surface area contributed by atoms with Crippen LogP contribution in [-0.4, -0.2) is 13.0 Å². The SMILES string of the molecule is O=S(=O)([O-])c1cccc2c1[C@@H]1c3cccc[n+]3[C@H]2CC1(c1ccoc1)c1ccoc1. The molecule has 3 aromatic heterocycles. The van der Waals surface area contributed by atoms with Crippen LogP contribution < -0.4 is 4.57 Å². The predicted octanol–water partition coefficient (Wildman–Crippen LogP) is 3.49. The van der Waals surface area contributed by atoms with Gasteiger partial charge in [0.15, 0.2) is 17.9 Å². The second-order valence-electron chi connectivity index (χ2n) is 7.89. The zero-order valence-electron chi connectivity index (χ0n) is 15.8. The van der Waals surface area contributed by atoms with E-state index < -0.39 is 21.5 Å². The van der Waals surface area contributed by atoms with Gasteiger partial charge in [-0.3, -0.25) is 0 Å². The van der Waals surface area contributed by atoms with Gasteiger partial charge < -0.3 is 13.4 Å². The summed E-state index contributed by atoms with van der Waals surface area (Å²) in [6.45, 7) is 0. The average Bonchev–Trinajstić information content (AvgIpc) is 3.47. The van der Waals surface area contributed by atoms with Gasteiger partial charge in [-0.25, -0.2) is 8.42 Å². The van der Waals surface area contributed by atoms with Crippen LogP contribution in [0.2, 0.25) is 0 Å². The van der Waals surface area contributed by atoms with E-state index in [0.29, 0.717) is 12.0 Å². The summed E-state index contributed by atoms with van der Waals surface area (Å²) in [6, 6.07) is 14.6. The summed E-state index contributed by atoms with van der Waals surface area (Å²) in [7, 11) is -4.66. The van der Waals surface area contributed by atoms with Crippen LogP contribution in [0.3, 0.4) is 0 Å². The summed E-state index contributed by atoms with van der Waals surface area (Å²) in [5.74, 6) is -0.395. The van der Waals surface area contributed by atoms with Crippen molar-refractivity contribution < 1.29 is 26.4 Å². The Morgan fingerprint density at radius 2 is 1.70 bits per heavy atom. The van der Waals surface area contributed by atoms with E-state index >= 15 is 0 Å². The van der Waals surface area contributed by atoms with E-state index in [1.54, 1.807) is 31.1 Å². The Morgan fingerprint density at radius 3 is 2.33 bits per heavy atom. The van der Waals surface area contributed by atoms with E-state index in [-0.39, 0.29) is 10.9 Å². The normalized spacial score (nSPS) is 21.2. The second kappa shape index (κ2) is 5.93. The fourth-order valence-corrected chi connectivity index (χ4v) is 6.33. The largest absolute Gasteiger partial charge is 0.744 e. The Labute approximate surface area is 173 Å². The van der Waals surface area contributed by atoms with Crippen molar-refractivity contribution in [1.29, 1.82) is 0 Å². The van der Waals surface area contributed by atoms with Gasteiger partial charge in [-0.2, -0.15) is 4.57 Å². The molecule has 0 saturated carbocycles. The maximum Gasteiger partial charge on any atom is 0.190 e. The summed E-state index contributed by atoms with van der Waals surface area (Å²) in [5.41, 5.74) is 3.65. The van der Waals surface area contributed by atoms with Crippen molar-refractivity contribution in [1.82, 2.24) is 0 Å². The molecule has 150 valence electrons. The third-order valence-corrected chi connectivity index (χ3v) is 7.55. The Morgan fingerprint density at radius 1 is 0.967 bits per heavy atom. The minimum absolute atomic E-state index is 0.132. The number of fused-ring (bicyclic) bond motifs is 1. The molecule has 1 aromatic carbocycles. The van der Waals surface area contributed by atoms with E-state index in [9.17, 15) is 13.0 Å². The van der Waals surface area contributed by atoms with E-state index in [4.69, 9.17) is 8.83 Å². The van der Waals surface area contributed by atoms with Gasteiger partial charge in [0, 0.05) is 35.2 Å². The first-order valence-corrected chi connectivity index (χ1v) is 11.1. The number of hydrogen-bond acceptors (Lipinski definition) is 5. The van der Waals surface area contributed by atoms with Crippen LogP contribution in [-0.2, 0) is 15.5 Å². The molecule has 0 fully saturated rings. The molecule has 30 heavy (non-hydrogen) atoms. The number of furan rings is 2. The van der Waals surface area contributed by atoms with Crippen LogP contribution in [0.25, 0.3) is 0 Å². The van der Waals surface area contributed by atoms with Gasteiger partial charge in [-0.05, 0) is 23.8 Å². The molecule has 0 saturated heterocycles. The van der Waals surface area contributed by atoms with Gasteiger partial charge in [-0.15, -0.1) is 0 Å². The van der Waals surface area contributed by atoms with Gasteiger partial charge in [0.2, 0.25) is 0 Å². The third kappa shape index (κ3) is 2.16. The number of rotatable bonds is 3. The number of nitrogens with zero attached hydrogens (tertiary/aromatic N) is 1. The van der Waals surface area contributed by atoms with Gasteiger partial charge in [0.05, 0.1) is 41.3 Å². The number of hydrogen-bond donors (Lipinski definition) is 0. The van der Waals surface area contributed by atoms with Gasteiger partial charge in [0.1, 0.15) is 10.1 Å². The van der Waals surface area contributed by atoms with Gasteiger partial charge in [-0.1, -0.05) is 18.2 Å². The van der Waals surface area contributed by atoms with E-state index in [2.05, 4.69) is 4.57 Å². The van der Waals surface area contributed by atoms with Crippen molar-refractivity contribution in [2.45, 2.75) is 28.7 Å². The molecule has 0 N–H and O–H groups in total. The molecule has 7 rings (SSSR count). The highest BCUT2D eigenvalue weighted by molar-refractivity contribution is 7.85. The number of pyridine rings is 1. The fraction of sp³-hybridized carbons (Fsp3) is 0.174. The van der Waals surface area contributed by atoms with Gasteiger partial charge in [0.25, 0.3) is 0 Å². The molecule has 2 bridgehead atoms. The molecular formula is C23H17NO5S. The summed E-state index contributed by atoms with van der Waals surface area (Å²) in [5, 5.41) is 0. The van der Waals surface area contributed by atoms with Crippen molar-refractivity contribution in [2.75, 3.05) is 0 Å². The zero-order valence-corrected chi connectivity index (χ0v) is 16.6. The second-order valence-corrected chi connectivity index (χ2v) is 9.24. The topological polar surface area (TPSA) is 87.4 Å². The minimum Gasteiger partial charge on any atom is -0.744 e. The lowest BCUT2D eigenvalue weighted by Crippen LogP contribution is -2.60. The average molecular weight is 419 g/mol. The first kappa shape index (κ1) is 17.7. The Kier molecular flexibility index (Phi) is 3.50. The monoisotopic (exact) mass is 419 g/mol. The molecule has 0 radical (unpaired) electrons. The smallest absolute Gasteiger partial charge is 0.190 e. The van der Waals surface area contributed by atoms with Crippen molar-refractivity contribution in [3.63, 3.8) is 0 Å². The van der Waals surface area contributed by atoms with E-state index in [1.165, 1.54) is 6.07 Å². The number of aromatic nitrogens is 1. The molecule has 7 heteroatoms. The Hall–Kier alpha value is -3.16. The molecule has 3 aliphatic rings. The lowest BCUT2D eigenvalue weighted by Gasteiger charge is -2.49. The van der Waals surface area contributed by atoms with Crippen molar-refractivity contribution in [2.24, 2.45) is 0 Å². The summed E-state index contributed by atoms with van der Waals surface area (Å²) in [4.78, 5) is -0.152. The molecule has 1 aliphatic carbocycles. The standard InChI is InChI=1S/C23H17NO5S/c25-30(26,27)20-6-3-4-17-19-12-23(15-7-10-28-13-15,16-8-11-29-14-16)22(21(17)20)18-5-1-2-9-24(18)19/h1-11,13-14,19,22H,12H2/t19-,22-/m0/s1. The molecule has 0 amide bonds. The zero-order chi connectivity index (χ0) is 20.5. The van der Waals surface area contributed by atoms with Crippen molar-refractivity contribution in [3.05, 3.63) is 108 Å². The molecule has 2 aliphatic heterocycles. The van der Waals surface area contributed by atoms with Crippen LogP contribution in [0.1, 0.15) is 46.3 Å². The van der Waals surface area contributed by atoms with E-state index in [0.717, 1.165) is 22.4 Å². The lowest BCUT2D eigenvalue weighted by atomic mass is 9.54. The molecule has 4 aromatic rings. The molecule has 5 heterocycles. The third-order valence-electron chi connectivity index (χ3n) is 6.65. The Balaban J connectivity index is 1.77. The summed E-state index contributed by atoms with van der Waals surface area (Å²) in [6.07, 6.45) is 9.35. The highest BCUT2D eigenvalue weighted by Crippen LogP contribution is 2.60. The van der Waals surface area contributed by atoms with E-state index in [1.807, 2.05) is 42.6 Å². The highest BCUT2D eigenvalue weighted by atomic mass is 32.2. The first-order chi connectivity index (χ1) is 14.5. The minimum atomic E-state index is -4.66. The van der Waals surface area contributed by atoms with Crippen LogP contribution in [0.4, 0.5) is 0 Å². The maximum absolute atomic E-state index is 12.3. The van der Waals surface area contributed by atoms with Crippen LogP contribution >= 0.6 is 0 Å². The molecule has 0 spiro atoms. The highest BCUT2D eigenvalue weighted by Gasteiger charge is 2.60. The number of benzene rings is 1. The lowest BCUT2D eigenvalue weighted by molar-refractivity contribution is -0.732. The van der Waals surface area contributed by atoms with Crippen LogP contribution in [0, 0.1) is 0 Å². The predicted molar refractivity (Wildman–Crippen MR) is 104 cm³/mol. The summed E-state index contributed by atoms with van der Waals surface area (Å²) < 4.78 is 49.9. The quantitative estimate of drug-likeness (QED) is 0.375. The van der Waals surface area contributed by atoms with Crippen LogP contribution in [0.5, 0.6) is 0 Å². The fourth-order valence-electron chi connectivity index (χ4n) is 5.58. The molecule has 0 unspecified atom stereocenters. The molecular weight excluding hydrogens is 402 g/mol. The van der Waals surface area contributed by atoms with Crippen molar-refractivity contribution in [3.8, 4) is 0 Å². The van der Waals surface area contributed by atoms with Gasteiger partial charge >= 0.3 is 0 Å². The maximum atomic E-state index is 12.3. The molecule has 2 atom stereocenters. The van der Waals surface area contributed by atoms with Crippen molar-refractivity contribution >= 4 is 10.1 Å². The summed E-state index contributed by atoms with van der Waals surface area (Å²) >= 11 is 0.